The maximum atomic E-state index is 12.0. The molecule has 3 rings (SSSR count). The lowest BCUT2D eigenvalue weighted by Crippen LogP contribution is -2.10. The van der Waals surface area contributed by atoms with Crippen LogP contribution in [0.1, 0.15) is 32.3 Å². The van der Waals surface area contributed by atoms with Crippen LogP contribution in [0.2, 0.25) is 5.02 Å². The molecule has 7 heteroatoms. The quantitative estimate of drug-likeness (QED) is 0.766. The zero-order valence-electron chi connectivity index (χ0n) is 12.6. The molecule has 0 aliphatic heterocycles. The summed E-state index contributed by atoms with van der Waals surface area (Å²) in [4.78, 5) is 17.2. The fourth-order valence-electron chi connectivity index (χ4n) is 2.11. The number of amides is 1. The van der Waals surface area contributed by atoms with Gasteiger partial charge in [-0.15, -0.1) is 11.3 Å². The molecular formula is C16H14ClN3O2S. The van der Waals surface area contributed by atoms with Gasteiger partial charge in [0.05, 0.1) is 5.69 Å². The minimum atomic E-state index is -0.361. The van der Waals surface area contributed by atoms with E-state index in [0.29, 0.717) is 17.2 Å². The number of hydrogen-bond acceptors (Lipinski definition) is 5. The predicted molar refractivity (Wildman–Crippen MR) is 90.3 cm³/mol. The number of thiazole rings is 1. The standard InChI is InChI=1S/C16H14ClN3O2S/c1-9-4-3-5-11(14(9)17)7-12-8-18-16(23-12)19-15(21)13-6-10(2)20-22-13/h3-6,8H,7H2,1-2H3,(H,18,19,21). The van der Waals surface area contributed by atoms with Crippen molar-refractivity contribution in [3.05, 3.63) is 62.9 Å². The first-order valence-corrected chi connectivity index (χ1v) is 8.16. The van der Waals surface area contributed by atoms with Gasteiger partial charge in [-0.3, -0.25) is 10.1 Å². The fraction of sp³-hybridized carbons (Fsp3) is 0.188. The van der Waals surface area contributed by atoms with Gasteiger partial charge in [-0.2, -0.15) is 0 Å². The van der Waals surface area contributed by atoms with Crippen LogP contribution in [-0.4, -0.2) is 16.0 Å². The molecule has 0 bridgehead atoms. The Labute approximate surface area is 142 Å². The first-order chi connectivity index (χ1) is 11.0. The van der Waals surface area contributed by atoms with Crippen LogP contribution in [0.25, 0.3) is 0 Å². The number of aryl methyl sites for hydroxylation is 2. The number of carbonyl (C=O) groups excluding carboxylic acids is 1. The number of rotatable bonds is 4. The number of carbonyl (C=O) groups is 1. The molecule has 2 aromatic heterocycles. The number of aromatic nitrogens is 2. The van der Waals surface area contributed by atoms with Crippen LogP contribution in [0.15, 0.2) is 35.0 Å². The molecule has 0 aliphatic rings. The molecule has 0 radical (unpaired) electrons. The molecule has 23 heavy (non-hydrogen) atoms. The van der Waals surface area contributed by atoms with Gasteiger partial charge >= 0.3 is 0 Å². The van der Waals surface area contributed by atoms with Crippen molar-refractivity contribution in [2.24, 2.45) is 0 Å². The van der Waals surface area contributed by atoms with Crippen molar-refractivity contribution in [1.29, 1.82) is 0 Å². The van der Waals surface area contributed by atoms with Crippen molar-refractivity contribution in [3.8, 4) is 0 Å². The molecule has 1 N–H and O–H groups in total. The van der Waals surface area contributed by atoms with Crippen molar-refractivity contribution in [1.82, 2.24) is 10.1 Å². The van der Waals surface area contributed by atoms with E-state index in [0.717, 1.165) is 21.0 Å². The molecule has 1 amide bonds. The van der Waals surface area contributed by atoms with E-state index in [1.165, 1.54) is 11.3 Å². The van der Waals surface area contributed by atoms with E-state index < -0.39 is 0 Å². The van der Waals surface area contributed by atoms with Crippen molar-refractivity contribution in [3.63, 3.8) is 0 Å². The van der Waals surface area contributed by atoms with Gasteiger partial charge in [0, 0.05) is 28.6 Å². The summed E-state index contributed by atoms with van der Waals surface area (Å²) < 4.78 is 4.93. The lowest BCUT2D eigenvalue weighted by molar-refractivity contribution is 0.0988. The fourth-order valence-corrected chi connectivity index (χ4v) is 3.13. The SMILES string of the molecule is Cc1cc(C(=O)Nc2ncc(Cc3cccc(C)c3Cl)s2)on1. The number of nitrogens with one attached hydrogen (secondary N) is 1. The van der Waals surface area contributed by atoms with Gasteiger partial charge in [-0.1, -0.05) is 35.0 Å². The monoisotopic (exact) mass is 347 g/mol. The maximum absolute atomic E-state index is 12.0. The Hall–Kier alpha value is -2.18. The van der Waals surface area contributed by atoms with Crippen molar-refractivity contribution < 1.29 is 9.32 Å². The highest BCUT2D eigenvalue weighted by Crippen LogP contribution is 2.27. The average Bonchev–Trinajstić information content (AvgIpc) is 3.13. The third-order valence-corrected chi connectivity index (χ3v) is 4.72. The number of nitrogens with zero attached hydrogens (tertiary/aromatic N) is 2. The lowest BCUT2D eigenvalue weighted by atomic mass is 10.1. The molecule has 118 valence electrons. The summed E-state index contributed by atoms with van der Waals surface area (Å²) >= 11 is 7.72. The Morgan fingerprint density at radius 3 is 2.96 bits per heavy atom. The Morgan fingerprint density at radius 1 is 1.39 bits per heavy atom. The van der Waals surface area contributed by atoms with Crippen LogP contribution >= 0.6 is 22.9 Å². The highest BCUT2D eigenvalue weighted by Gasteiger charge is 2.14. The van der Waals surface area contributed by atoms with Gasteiger partial charge in [0.25, 0.3) is 5.91 Å². The van der Waals surface area contributed by atoms with Gasteiger partial charge in [0.15, 0.2) is 5.13 Å². The molecule has 0 fully saturated rings. The normalized spacial score (nSPS) is 10.7. The molecule has 0 spiro atoms. The highest BCUT2D eigenvalue weighted by molar-refractivity contribution is 7.15. The van der Waals surface area contributed by atoms with E-state index >= 15 is 0 Å². The smallest absolute Gasteiger partial charge is 0.296 e. The number of benzene rings is 1. The van der Waals surface area contributed by atoms with Crippen LogP contribution in [0.3, 0.4) is 0 Å². The summed E-state index contributed by atoms with van der Waals surface area (Å²) in [5.41, 5.74) is 2.74. The van der Waals surface area contributed by atoms with E-state index in [2.05, 4.69) is 15.5 Å². The number of anilines is 1. The molecule has 0 saturated heterocycles. The first-order valence-electron chi connectivity index (χ1n) is 6.96. The zero-order chi connectivity index (χ0) is 16.4. The Kier molecular flexibility index (Phi) is 4.45. The molecule has 5 nitrogen and oxygen atoms in total. The summed E-state index contributed by atoms with van der Waals surface area (Å²) in [5.74, 6) is -0.193. The van der Waals surface area contributed by atoms with Crippen molar-refractivity contribution >= 4 is 34.0 Å². The van der Waals surface area contributed by atoms with Gasteiger partial charge in [-0.25, -0.2) is 4.98 Å². The van der Waals surface area contributed by atoms with Gasteiger partial charge in [0.1, 0.15) is 0 Å². The van der Waals surface area contributed by atoms with E-state index in [-0.39, 0.29) is 11.7 Å². The van der Waals surface area contributed by atoms with Crippen LogP contribution in [0, 0.1) is 13.8 Å². The lowest BCUT2D eigenvalue weighted by Gasteiger charge is -2.04. The predicted octanol–water partition coefficient (Wildman–Crippen LogP) is 4.24. The third kappa shape index (κ3) is 3.60. The topological polar surface area (TPSA) is 68.0 Å². The summed E-state index contributed by atoms with van der Waals surface area (Å²) in [6.45, 7) is 3.73. The van der Waals surface area contributed by atoms with Gasteiger partial charge in [0.2, 0.25) is 5.76 Å². The van der Waals surface area contributed by atoms with Crippen molar-refractivity contribution in [2.75, 3.05) is 5.32 Å². The maximum Gasteiger partial charge on any atom is 0.296 e. The van der Waals surface area contributed by atoms with Crippen molar-refractivity contribution in [2.45, 2.75) is 20.3 Å². The Bertz CT molecular complexity index is 857. The molecule has 0 aliphatic carbocycles. The highest BCUT2D eigenvalue weighted by atomic mass is 35.5. The minimum absolute atomic E-state index is 0.168. The second-order valence-electron chi connectivity index (χ2n) is 5.14. The van der Waals surface area contributed by atoms with Crippen LogP contribution in [0.4, 0.5) is 5.13 Å². The summed E-state index contributed by atoms with van der Waals surface area (Å²) in [6, 6.07) is 7.52. The Morgan fingerprint density at radius 2 is 2.22 bits per heavy atom. The molecule has 2 heterocycles. The summed E-state index contributed by atoms with van der Waals surface area (Å²) in [7, 11) is 0. The van der Waals surface area contributed by atoms with E-state index in [1.54, 1.807) is 19.2 Å². The summed E-state index contributed by atoms with van der Waals surface area (Å²) in [6.07, 6.45) is 2.42. The molecule has 3 aromatic rings. The first kappa shape index (κ1) is 15.7. The molecule has 0 atom stereocenters. The summed E-state index contributed by atoms with van der Waals surface area (Å²) in [5, 5.41) is 7.68. The van der Waals surface area contributed by atoms with Crippen LogP contribution in [0.5, 0.6) is 0 Å². The second-order valence-corrected chi connectivity index (χ2v) is 6.64. The molecule has 0 saturated carbocycles. The second kappa shape index (κ2) is 6.52. The number of hydrogen-bond donors (Lipinski definition) is 1. The van der Waals surface area contributed by atoms with E-state index in [1.807, 2.05) is 25.1 Å². The van der Waals surface area contributed by atoms with E-state index in [4.69, 9.17) is 16.1 Å². The zero-order valence-corrected chi connectivity index (χ0v) is 14.2. The third-order valence-electron chi connectivity index (χ3n) is 3.26. The average molecular weight is 348 g/mol. The van der Waals surface area contributed by atoms with E-state index in [9.17, 15) is 4.79 Å². The van der Waals surface area contributed by atoms with Gasteiger partial charge < -0.3 is 4.52 Å². The molecule has 0 unspecified atom stereocenters. The van der Waals surface area contributed by atoms with Gasteiger partial charge in [-0.05, 0) is 25.0 Å². The number of halogens is 1. The van der Waals surface area contributed by atoms with Crippen LogP contribution in [-0.2, 0) is 6.42 Å². The largest absolute Gasteiger partial charge is 0.351 e. The molecular weight excluding hydrogens is 334 g/mol. The molecule has 1 aromatic carbocycles. The minimum Gasteiger partial charge on any atom is -0.351 e. The van der Waals surface area contributed by atoms with Crippen LogP contribution < -0.4 is 5.32 Å². The Balaban J connectivity index is 1.71.